The van der Waals surface area contributed by atoms with Gasteiger partial charge in [0.25, 0.3) is 0 Å². The topological polar surface area (TPSA) is 103 Å². The highest BCUT2D eigenvalue weighted by atomic mass is 14.9. The summed E-state index contributed by atoms with van der Waals surface area (Å²) >= 11 is 0. The number of hydrogen-bond donors (Lipinski definition) is 0. The molecule has 114 valence electrons. The van der Waals surface area contributed by atoms with Crippen LogP contribution in [0.1, 0.15) is 0 Å². The van der Waals surface area contributed by atoms with Crippen molar-refractivity contribution in [2.24, 2.45) is 0 Å². The van der Waals surface area contributed by atoms with Gasteiger partial charge in [-0.1, -0.05) is 0 Å². The van der Waals surface area contributed by atoms with E-state index in [1.165, 1.54) is 0 Å². The minimum absolute atomic E-state index is 0.562. The SMILES string of the molecule is c1cnc(-c2nccnc2-c2nccnc2-c2cnccn2)cn1. The van der Waals surface area contributed by atoms with Crippen molar-refractivity contribution in [2.75, 3.05) is 0 Å². The summed E-state index contributed by atoms with van der Waals surface area (Å²) in [4.78, 5) is 34.4. The van der Waals surface area contributed by atoms with Gasteiger partial charge in [0.1, 0.15) is 34.2 Å². The van der Waals surface area contributed by atoms with E-state index in [4.69, 9.17) is 0 Å². The first kappa shape index (κ1) is 13.9. The Bertz CT molecular complexity index is 879. The summed E-state index contributed by atoms with van der Waals surface area (Å²) in [6.45, 7) is 0. The third kappa shape index (κ3) is 2.56. The Kier molecular flexibility index (Phi) is 3.61. The Morgan fingerprint density at radius 3 is 1.12 bits per heavy atom. The van der Waals surface area contributed by atoms with E-state index in [1.807, 2.05) is 0 Å². The Labute approximate surface area is 136 Å². The lowest BCUT2D eigenvalue weighted by atomic mass is 10.1. The molecule has 0 unspecified atom stereocenters. The molecular formula is C16H10N8. The van der Waals surface area contributed by atoms with Crippen molar-refractivity contribution in [3.05, 3.63) is 62.0 Å². The van der Waals surface area contributed by atoms with Gasteiger partial charge >= 0.3 is 0 Å². The summed E-state index contributed by atoms with van der Waals surface area (Å²) in [6.07, 6.45) is 16.1. The predicted octanol–water partition coefficient (Wildman–Crippen LogP) is 1.85. The molecule has 8 nitrogen and oxygen atoms in total. The van der Waals surface area contributed by atoms with Crippen molar-refractivity contribution in [1.29, 1.82) is 0 Å². The molecule has 0 radical (unpaired) electrons. The highest BCUT2D eigenvalue weighted by Crippen LogP contribution is 2.30. The van der Waals surface area contributed by atoms with Gasteiger partial charge in [-0.3, -0.25) is 39.9 Å². The molecule has 0 fully saturated rings. The molecule has 0 bridgehead atoms. The number of rotatable bonds is 3. The van der Waals surface area contributed by atoms with Gasteiger partial charge in [-0.05, 0) is 0 Å². The number of nitrogens with zero attached hydrogens (tertiary/aromatic N) is 8. The first-order chi connectivity index (χ1) is 11.9. The van der Waals surface area contributed by atoms with Crippen molar-refractivity contribution >= 4 is 0 Å². The predicted molar refractivity (Wildman–Crippen MR) is 85.1 cm³/mol. The van der Waals surface area contributed by atoms with Crippen LogP contribution in [0.2, 0.25) is 0 Å². The van der Waals surface area contributed by atoms with Crippen molar-refractivity contribution in [2.45, 2.75) is 0 Å². The van der Waals surface area contributed by atoms with Gasteiger partial charge in [-0.25, -0.2) is 0 Å². The average Bonchev–Trinajstić information content (AvgIpc) is 2.69. The number of hydrogen-bond acceptors (Lipinski definition) is 8. The highest BCUT2D eigenvalue weighted by Gasteiger charge is 2.18. The van der Waals surface area contributed by atoms with Crippen molar-refractivity contribution in [1.82, 2.24) is 39.9 Å². The molecule has 0 saturated heterocycles. The third-order valence-corrected chi connectivity index (χ3v) is 3.23. The number of aromatic nitrogens is 8. The highest BCUT2D eigenvalue weighted by molar-refractivity contribution is 5.81. The first-order valence-corrected chi connectivity index (χ1v) is 7.08. The molecule has 0 N–H and O–H groups in total. The summed E-state index contributed by atoms with van der Waals surface area (Å²) in [6, 6.07) is 0. The van der Waals surface area contributed by atoms with Crippen LogP contribution >= 0.6 is 0 Å². The Morgan fingerprint density at radius 1 is 0.375 bits per heavy atom. The molecule has 0 aliphatic carbocycles. The van der Waals surface area contributed by atoms with Crippen LogP contribution in [0.5, 0.6) is 0 Å². The first-order valence-electron chi connectivity index (χ1n) is 7.08. The van der Waals surface area contributed by atoms with Crippen LogP contribution in [-0.4, -0.2) is 39.9 Å². The van der Waals surface area contributed by atoms with E-state index >= 15 is 0 Å². The fraction of sp³-hybridized carbons (Fsp3) is 0. The molecule has 0 aliphatic rings. The maximum absolute atomic E-state index is 4.43. The van der Waals surface area contributed by atoms with E-state index in [0.29, 0.717) is 34.2 Å². The Morgan fingerprint density at radius 2 is 0.750 bits per heavy atom. The molecule has 0 amide bonds. The largest absolute Gasteiger partial charge is 0.261 e. The molecule has 8 heteroatoms. The van der Waals surface area contributed by atoms with Crippen LogP contribution in [0.3, 0.4) is 0 Å². The van der Waals surface area contributed by atoms with Crippen molar-refractivity contribution in [3.63, 3.8) is 0 Å². The van der Waals surface area contributed by atoms with Gasteiger partial charge in [0.2, 0.25) is 0 Å². The lowest BCUT2D eigenvalue weighted by Crippen LogP contribution is -2.00. The molecule has 4 aromatic heterocycles. The van der Waals surface area contributed by atoms with Crippen LogP contribution in [-0.2, 0) is 0 Å². The lowest BCUT2D eigenvalue weighted by molar-refractivity contribution is 1.11. The molecule has 0 spiro atoms. The van der Waals surface area contributed by atoms with Crippen LogP contribution in [0, 0.1) is 0 Å². The molecule has 24 heavy (non-hydrogen) atoms. The fourth-order valence-corrected chi connectivity index (χ4v) is 2.24. The Hall–Kier alpha value is -3.68. The molecule has 4 heterocycles. The van der Waals surface area contributed by atoms with Crippen LogP contribution in [0.15, 0.2) is 62.0 Å². The summed E-state index contributed by atoms with van der Waals surface area (Å²) in [5, 5.41) is 0. The van der Waals surface area contributed by atoms with E-state index in [2.05, 4.69) is 39.9 Å². The van der Waals surface area contributed by atoms with E-state index in [-0.39, 0.29) is 0 Å². The summed E-state index contributed by atoms with van der Waals surface area (Å²) in [7, 11) is 0. The maximum atomic E-state index is 4.43. The zero-order chi connectivity index (χ0) is 16.2. The van der Waals surface area contributed by atoms with Gasteiger partial charge < -0.3 is 0 Å². The van der Waals surface area contributed by atoms with Crippen molar-refractivity contribution in [3.8, 4) is 34.2 Å². The molecule has 4 aromatic rings. The lowest BCUT2D eigenvalue weighted by Gasteiger charge is -2.09. The van der Waals surface area contributed by atoms with E-state index < -0.39 is 0 Å². The molecular weight excluding hydrogens is 304 g/mol. The normalized spacial score (nSPS) is 10.5. The Balaban J connectivity index is 1.93. The second kappa shape index (κ2) is 6.21. The standard InChI is InChI=1S/C16H10N8/c1-3-19-11(9-17-1)13-15(23-7-5-21-13)16-14(22-6-8-24-16)12-10-18-2-4-20-12/h1-10H. The zero-order valence-electron chi connectivity index (χ0n) is 12.4. The van der Waals surface area contributed by atoms with Gasteiger partial charge in [0, 0.05) is 49.6 Å². The summed E-state index contributed by atoms with van der Waals surface area (Å²) in [5.74, 6) is 0. The summed E-state index contributed by atoms with van der Waals surface area (Å²) in [5.41, 5.74) is 3.50. The zero-order valence-corrected chi connectivity index (χ0v) is 12.4. The van der Waals surface area contributed by atoms with Gasteiger partial charge in [-0.15, -0.1) is 0 Å². The van der Waals surface area contributed by atoms with Crippen LogP contribution in [0.4, 0.5) is 0 Å². The van der Waals surface area contributed by atoms with Gasteiger partial charge in [0.15, 0.2) is 0 Å². The van der Waals surface area contributed by atoms with Crippen LogP contribution in [0.25, 0.3) is 34.2 Å². The van der Waals surface area contributed by atoms with Gasteiger partial charge in [-0.2, -0.15) is 0 Å². The van der Waals surface area contributed by atoms with Crippen molar-refractivity contribution < 1.29 is 0 Å². The maximum Gasteiger partial charge on any atom is 0.119 e. The monoisotopic (exact) mass is 314 g/mol. The minimum Gasteiger partial charge on any atom is -0.261 e. The molecule has 0 aliphatic heterocycles. The molecule has 0 saturated carbocycles. The minimum atomic E-state index is 0.562. The van der Waals surface area contributed by atoms with E-state index in [0.717, 1.165) is 0 Å². The smallest absolute Gasteiger partial charge is 0.119 e. The fourth-order valence-electron chi connectivity index (χ4n) is 2.24. The quantitative estimate of drug-likeness (QED) is 0.564. The third-order valence-electron chi connectivity index (χ3n) is 3.23. The molecule has 0 atom stereocenters. The second-order valence-electron chi connectivity index (χ2n) is 4.69. The van der Waals surface area contributed by atoms with E-state index in [1.54, 1.807) is 62.0 Å². The molecule has 0 aromatic carbocycles. The summed E-state index contributed by atoms with van der Waals surface area (Å²) < 4.78 is 0. The second-order valence-corrected chi connectivity index (χ2v) is 4.69. The van der Waals surface area contributed by atoms with Crippen LogP contribution < -0.4 is 0 Å². The average molecular weight is 314 g/mol. The van der Waals surface area contributed by atoms with Gasteiger partial charge in [0.05, 0.1) is 12.4 Å². The van der Waals surface area contributed by atoms with E-state index in [9.17, 15) is 0 Å². The molecule has 4 rings (SSSR count).